The minimum atomic E-state index is -0.683. The van der Waals surface area contributed by atoms with Crippen LogP contribution < -0.4 is 16.1 Å². The van der Waals surface area contributed by atoms with Crippen molar-refractivity contribution in [2.24, 2.45) is 11.7 Å². The quantitative estimate of drug-likeness (QED) is 0.357. The van der Waals surface area contributed by atoms with Gasteiger partial charge in [-0.3, -0.25) is 4.79 Å². The Kier molecular flexibility index (Phi) is 7.26. The van der Waals surface area contributed by atoms with E-state index in [0.717, 1.165) is 40.4 Å². The molecule has 1 aliphatic heterocycles. The standard InChI is InChI=1S/C30H32N2O5/c1-19-25-10-9-24(36-18-23(33)17-32-13-11-21(12-14-32)29(31)34)16-28(25)37-30(35)27(19)15-22-7-4-6-20-5-2-3-8-26(20)22/h2-10,16,21,23,33H,11-15,17-18H2,1H3,(H2,31,34). The predicted molar refractivity (Wildman–Crippen MR) is 144 cm³/mol. The van der Waals surface area contributed by atoms with E-state index in [1.807, 2.05) is 43.3 Å². The topological polar surface area (TPSA) is 106 Å². The summed E-state index contributed by atoms with van der Waals surface area (Å²) in [4.78, 5) is 26.4. The van der Waals surface area contributed by atoms with Gasteiger partial charge in [-0.05, 0) is 66.9 Å². The lowest BCUT2D eigenvalue weighted by Crippen LogP contribution is -2.43. The van der Waals surface area contributed by atoms with E-state index in [-0.39, 0.29) is 24.1 Å². The van der Waals surface area contributed by atoms with Gasteiger partial charge in [0.2, 0.25) is 5.91 Å². The number of aliphatic hydroxyl groups is 1. The SMILES string of the molecule is Cc1c(Cc2cccc3ccccc23)c(=O)oc2cc(OCC(O)CN3CCC(C(N)=O)CC3)ccc12. The summed E-state index contributed by atoms with van der Waals surface area (Å²) in [5, 5.41) is 13.6. The summed E-state index contributed by atoms with van der Waals surface area (Å²) in [5.74, 6) is 0.207. The molecule has 3 aromatic carbocycles. The van der Waals surface area contributed by atoms with Crippen LogP contribution in [-0.2, 0) is 11.2 Å². The molecule has 0 bridgehead atoms. The molecule has 7 heteroatoms. The van der Waals surface area contributed by atoms with Crippen LogP contribution in [0.5, 0.6) is 5.75 Å². The number of piperidine rings is 1. The lowest BCUT2D eigenvalue weighted by molar-refractivity contribution is -0.123. The Morgan fingerprint density at radius 3 is 2.65 bits per heavy atom. The molecule has 0 saturated carbocycles. The highest BCUT2D eigenvalue weighted by Crippen LogP contribution is 2.27. The molecule has 3 N–H and O–H groups in total. The van der Waals surface area contributed by atoms with Crippen molar-refractivity contribution in [3.05, 3.63) is 87.8 Å². The van der Waals surface area contributed by atoms with Gasteiger partial charge in [-0.15, -0.1) is 0 Å². The molecule has 1 unspecified atom stereocenters. The fourth-order valence-corrected chi connectivity index (χ4v) is 5.25. The number of β-amino-alcohol motifs (C(OH)–C–C–N with tert-alkyl or cyclic N) is 1. The lowest BCUT2D eigenvalue weighted by Gasteiger charge is -2.31. The van der Waals surface area contributed by atoms with E-state index in [9.17, 15) is 14.7 Å². The van der Waals surface area contributed by atoms with Gasteiger partial charge in [0.05, 0.1) is 0 Å². The number of ether oxygens (including phenoxy) is 1. The van der Waals surface area contributed by atoms with Crippen LogP contribution in [0.15, 0.2) is 69.9 Å². The number of likely N-dealkylation sites (tertiary alicyclic amines) is 1. The second-order valence-electron chi connectivity index (χ2n) is 9.91. The second-order valence-corrected chi connectivity index (χ2v) is 9.91. The number of primary amides is 1. The van der Waals surface area contributed by atoms with Gasteiger partial charge in [-0.1, -0.05) is 42.5 Å². The molecule has 7 nitrogen and oxygen atoms in total. The summed E-state index contributed by atoms with van der Waals surface area (Å²) in [6, 6.07) is 19.7. The van der Waals surface area contributed by atoms with Crippen molar-refractivity contribution in [2.45, 2.75) is 32.3 Å². The maximum absolute atomic E-state index is 13.0. The normalized spacial score (nSPS) is 15.7. The van der Waals surface area contributed by atoms with Crippen molar-refractivity contribution < 1.29 is 19.1 Å². The highest BCUT2D eigenvalue weighted by atomic mass is 16.5. The largest absolute Gasteiger partial charge is 0.491 e. The summed E-state index contributed by atoms with van der Waals surface area (Å²) in [6.45, 7) is 3.98. The lowest BCUT2D eigenvalue weighted by atomic mass is 9.96. The number of aryl methyl sites for hydroxylation is 1. The van der Waals surface area contributed by atoms with Crippen LogP contribution in [0, 0.1) is 12.8 Å². The predicted octanol–water partition coefficient (Wildman–Crippen LogP) is 3.78. The molecule has 1 fully saturated rings. The van der Waals surface area contributed by atoms with E-state index in [1.165, 1.54) is 0 Å². The van der Waals surface area contributed by atoms with Crippen LogP contribution in [-0.4, -0.2) is 48.3 Å². The Labute approximate surface area is 215 Å². The Hall–Kier alpha value is -3.68. The molecule has 4 aromatic rings. The highest BCUT2D eigenvalue weighted by molar-refractivity contribution is 5.87. The summed E-state index contributed by atoms with van der Waals surface area (Å²) in [7, 11) is 0. The van der Waals surface area contributed by atoms with Crippen LogP contribution in [0.1, 0.15) is 29.5 Å². The number of nitrogens with two attached hydrogens (primary N) is 1. The summed E-state index contributed by atoms with van der Waals surface area (Å²) < 4.78 is 11.5. The molecule has 0 spiro atoms. The number of hydrogen-bond acceptors (Lipinski definition) is 6. The molecular weight excluding hydrogens is 468 g/mol. The molecule has 1 atom stereocenters. The van der Waals surface area contributed by atoms with Gasteiger partial charge in [0.15, 0.2) is 0 Å². The van der Waals surface area contributed by atoms with Crippen LogP contribution in [0.4, 0.5) is 0 Å². The van der Waals surface area contributed by atoms with E-state index in [1.54, 1.807) is 6.07 Å². The van der Waals surface area contributed by atoms with Crippen molar-refractivity contribution >= 4 is 27.6 Å². The maximum Gasteiger partial charge on any atom is 0.340 e. The van der Waals surface area contributed by atoms with E-state index in [2.05, 4.69) is 23.1 Å². The fourth-order valence-electron chi connectivity index (χ4n) is 5.25. The number of fused-ring (bicyclic) bond motifs is 2. The third-order valence-corrected chi connectivity index (χ3v) is 7.41. The van der Waals surface area contributed by atoms with Crippen molar-refractivity contribution in [2.75, 3.05) is 26.2 Å². The first-order chi connectivity index (χ1) is 17.9. The molecule has 1 saturated heterocycles. The maximum atomic E-state index is 13.0. The number of amides is 1. The number of benzene rings is 3. The molecule has 1 aromatic heterocycles. The first-order valence-corrected chi connectivity index (χ1v) is 12.7. The smallest absolute Gasteiger partial charge is 0.340 e. The number of carbonyl (C=O) groups is 1. The summed E-state index contributed by atoms with van der Waals surface area (Å²) >= 11 is 0. The van der Waals surface area contributed by atoms with Gasteiger partial charge in [-0.25, -0.2) is 4.79 Å². The van der Waals surface area contributed by atoms with Crippen molar-refractivity contribution in [3.63, 3.8) is 0 Å². The average molecular weight is 501 g/mol. The van der Waals surface area contributed by atoms with Gasteiger partial charge < -0.3 is 24.9 Å². The number of nitrogens with zero attached hydrogens (tertiary/aromatic N) is 1. The zero-order chi connectivity index (χ0) is 25.9. The first kappa shape index (κ1) is 25.0. The zero-order valence-corrected chi connectivity index (χ0v) is 21.0. The van der Waals surface area contributed by atoms with E-state index in [4.69, 9.17) is 14.9 Å². The van der Waals surface area contributed by atoms with Crippen LogP contribution in [0.3, 0.4) is 0 Å². The van der Waals surface area contributed by atoms with Crippen molar-refractivity contribution in [1.82, 2.24) is 4.90 Å². The molecule has 1 amide bonds. The Morgan fingerprint density at radius 2 is 1.86 bits per heavy atom. The fraction of sp³-hybridized carbons (Fsp3) is 0.333. The van der Waals surface area contributed by atoms with Gasteiger partial charge in [0.25, 0.3) is 0 Å². The van der Waals surface area contributed by atoms with Gasteiger partial charge in [0.1, 0.15) is 24.0 Å². The number of carbonyl (C=O) groups excluding carboxylic acids is 1. The number of rotatable bonds is 8. The third kappa shape index (κ3) is 5.53. The minimum Gasteiger partial charge on any atom is -0.491 e. The number of aliphatic hydroxyl groups excluding tert-OH is 1. The minimum absolute atomic E-state index is 0.0760. The molecule has 5 rings (SSSR count). The Morgan fingerprint density at radius 1 is 1.11 bits per heavy atom. The highest BCUT2D eigenvalue weighted by Gasteiger charge is 2.24. The molecular formula is C30H32N2O5. The van der Waals surface area contributed by atoms with E-state index in [0.29, 0.717) is 42.7 Å². The second kappa shape index (κ2) is 10.7. The summed E-state index contributed by atoms with van der Waals surface area (Å²) in [5.41, 5.74) is 8.13. The average Bonchev–Trinajstić information content (AvgIpc) is 2.90. The number of hydrogen-bond donors (Lipinski definition) is 2. The molecule has 2 heterocycles. The Bertz CT molecular complexity index is 1480. The van der Waals surface area contributed by atoms with Gasteiger partial charge in [0, 0.05) is 35.9 Å². The van der Waals surface area contributed by atoms with Crippen molar-refractivity contribution in [1.29, 1.82) is 0 Å². The van der Waals surface area contributed by atoms with E-state index < -0.39 is 6.10 Å². The molecule has 0 aliphatic carbocycles. The monoisotopic (exact) mass is 500 g/mol. The molecule has 192 valence electrons. The van der Waals surface area contributed by atoms with Crippen LogP contribution in [0.2, 0.25) is 0 Å². The van der Waals surface area contributed by atoms with E-state index >= 15 is 0 Å². The molecule has 37 heavy (non-hydrogen) atoms. The first-order valence-electron chi connectivity index (χ1n) is 12.7. The van der Waals surface area contributed by atoms with Crippen molar-refractivity contribution in [3.8, 4) is 5.75 Å². The molecule has 0 radical (unpaired) electrons. The molecule has 1 aliphatic rings. The zero-order valence-electron chi connectivity index (χ0n) is 21.0. The Balaban J connectivity index is 1.27. The van der Waals surface area contributed by atoms with Gasteiger partial charge in [-0.2, -0.15) is 0 Å². The van der Waals surface area contributed by atoms with Crippen LogP contribution in [0.25, 0.3) is 21.7 Å². The van der Waals surface area contributed by atoms with Gasteiger partial charge >= 0.3 is 5.63 Å². The third-order valence-electron chi connectivity index (χ3n) is 7.41. The van der Waals surface area contributed by atoms with Crippen LogP contribution >= 0.6 is 0 Å². The summed E-state index contributed by atoms with van der Waals surface area (Å²) in [6.07, 6.45) is 1.24.